The van der Waals surface area contributed by atoms with Crippen molar-refractivity contribution in [1.29, 1.82) is 0 Å². The lowest BCUT2D eigenvalue weighted by Crippen LogP contribution is -2.14. The number of benzene rings is 1. The molecule has 7 heteroatoms. The fraction of sp³-hybridized carbons (Fsp3) is 0.462. The summed E-state index contributed by atoms with van der Waals surface area (Å²) >= 11 is 0. The molecule has 0 aliphatic carbocycles. The summed E-state index contributed by atoms with van der Waals surface area (Å²) in [6.07, 6.45) is 0.805. The Kier molecular flexibility index (Phi) is 7.38. The molecule has 0 aliphatic heterocycles. The molecule has 0 unspecified atom stereocenters. The van der Waals surface area contributed by atoms with Crippen molar-refractivity contribution in [2.45, 2.75) is 6.42 Å². The van der Waals surface area contributed by atoms with Crippen molar-refractivity contribution in [2.75, 3.05) is 33.5 Å². The average molecular weight is 286 g/mol. The van der Waals surface area contributed by atoms with Crippen LogP contribution in [0.25, 0.3) is 0 Å². The summed E-state index contributed by atoms with van der Waals surface area (Å²) in [5.41, 5.74) is 5.64. The van der Waals surface area contributed by atoms with Gasteiger partial charge in [0.25, 0.3) is 0 Å². The zero-order valence-electron chi connectivity index (χ0n) is 11.3. The number of rotatable bonds is 9. The number of halogens is 1. The third-order valence-corrected chi connectivity index (χ3v) is 2.46. The number of oxime groups is 1. The van der Waals surface area contributed by atoms with Crippen LogP contribution in [0, 0.1) is 5.82 Å². The van der Waals surface area contributed by atoms with Gasteiger partial charge in [-0.05, 0) is 24.6 Å². The van der Waals surface area contributed by atoms with Gasteiger partial charge in [-0.25, -0.2) is 4.39 Å². The zero-order chi connectivity index (χ0) is 14.8. The maximum absolute atomic E-state index is 13.6. The lowest BCUT2D eigenvalue weighted by molar-refractivity contribution is 0.0797. The summed E-state index contributed by atoms with van der Waals surface area (Å²) in [4.78, 5) is 0. The Morgan fingerprint density at radius 3 is 2.75 bits per heavy atom. The third-order valence-electron chi connectivity index (χ3n) is 2.46. The molecule has 0 radical (unpaired) electrons. The normalized spacial score (nSPS) is 11.6. The molecule has 0 spiro atoms. The molecule has 1 aromatic rings. The minimum atomic E-state index is -0.575. The quantitative estimate of drug-likeness (QED) is 0.235. The molecular weight excluding hydrogens is 267 g/mol. The van der Waals surface area contributed by atoms with E-state index in [9.17, 15) is 4.39 Å². The second kappa shape index (κ2) is 9.11. The molecule has 6 nitrogen and oxygen atoms in total. The molecule has 112 valence electrons. The van der Waals surface area contributed by atoms with Gasteiger partial charge in [-0.2, -0.15) is 0 Å². The van der Waals surface area contributed by atoms with Gasteiger partial charge in [-0.3, -0.25) is 0 Å². The maximum atomic E-state index is 13.6. The summed E-state index contributed by atoms with van der Waals surface area (Å²) < 4.78 is 29.0. The van der Waals surface area contributed by atoms with Crippen LogP contribution in [0.3, 0.4) is 0 Å². The maximum Gasteiger partial charge on any atom is 0.170 e. The Labute approximate surface area is 116 Å². The smallest absolute Gasteiger partial charge is 0.170 e. The van der Waals surface area contributed by atoms with Crippen LogP contribution in [-0.4, -0.2) is 44.6 Å². The van der Waals surface area contributed by atoms with Crippen LogP contribution in [0.4, 0.5) is 4.39 Å². The largest absolute Gasteiger partial charge is 0.488 e. The molecule has 20 heavy (non-hydrogen) atoms. The highest BCUT2D eigenvalue weighted by molar-refractivity contribution is 5.97. The van der Waals surface area contributed by atoms with Crippen LogP contribution < -0.4 is 10.5 Å². The molecule has 0 aliphatic rings. The molecule has 0 heterocycles. The lowest BCUT2D eigenvalue weighted by atomic mass is 10.2. The number of nitrogens with two attached hydrogens (primary N) is 1. The van der Waals surface area contributed by atoms with E-state index >= 15 is 0 Å². The number of amidine groups is 1. The topological polar surface area (TPSA) is 86.3 Å². The van der Waals surface area contributed by atoms with E-state index in [2.05, 4.69) is 5.16 Å². The van der Waals surface area contributed by atoms with Gasteiger partial charge in [0.1, 0.15) is 6.61 Å². The van der Waals surface area contributed by atoms with E-state index in [-0.39, 0.29) is 23.8 Å². The minimum absolute atomic E-state index is 0.0972. The van der Waals surface area contributed by atoms with E-state index in [0.29, 0.717) is 19.8 Å². The van der Waals surface area contributed by atoms with Crippen molar-refractivity contribution in [3.8, 4) is 5.75 Å². The first-order valence-electron chi connectivity index (χ1n) is 6.16. The monoisotopic (exact) mass is 286 g/mol. The highest BCUT2D eigenvalue weighted by atomic mass is 19.1. The molecule has 1 rings (SSSR count). The molecule has 0 bridgehead atoms. The zero-order valence-corrected chi connectivity index (χ0v) is 11.3. The van der Waals surface area contributed by atoms with E-state index in [1.807, 2.05) is 0 Å². The van der Waals surface area contributed by atoms with Crippen LogP contribution in [0.15, 0.2) is 23.4 Å². The van der Waals surface area contributed by atoms with Gasteiger partial charge in [-0.15, -0.1) is 0 Å². The van der Waals surface area contributed by atoms with Gasteiger partial charge in [0, 0.05) is 25.9 Å². The number of methoxy groups -OCH3 is 1. The molecular formula is C13H19FN2O4. The SMILES string of the molecule is COCCCOCCOc1ccc(/C(N)=N/O)cc1F. The third kappa shape index (κ3) is 5.41. The average Bonchev–Trinajstić information content (AvgIpc) is 2.46. The lowest BCUT2D eigenvalue weighted by Gasteiger charge is -2.09. The Morgan fingerprint density at radius 1 is 1.30 bits per heavy atom. The molecule has 0 atom stereocenters. The second-order valence-electron chi connectivity index (χ2n) is 3.94. The van der Waals surface area contributed by atoms with Crippen molar-refractivity contribution in [3.63, 3.8) is 0 Å². The summed E-state index contributed by atoms with van der Waals surface area (Å²) in [5.74, 6) is -0.634. The molecule has 0 saturated heterocycles. The predicted molar refractivity (Wildman–Crippen MR) is 71.7 cm³/mol. The Morgan fingerprint density at radius 2 is 2.10 bits per heavy atom. The van der Waals surface area contributed by atoms with Crippen LogP contribution >= 0.6 is 0 Å². The highest BCUT2D eigenvalue weighted by Gasteiger charge is 2.07. The van der Waals surface area contributed by atoms with Gasteiger partial charge >= 0.3 is 0 Å². The van der Waals surface area contributed by atoms with Crippen LogP contribution in [-0.2, 0) is 9.47 Å². The van der Waals surface area contributed by atoms with E-state index in [1.54, 1.807) is 7.11 Å². The van der Waals surface area contributed by atoms with Gasteiger partial charge in [-0.1, -0.05) is 5.16 Å². The standard InChI is InChI=1S/C13H19FN2O4/c1-18-5-2-6-19-7-8-20-12-4-3-10(9-11(12)14)13(15)16-17/h3-4,9,17H,2,5-8H2,1H3,(H2,15,16). The van der Waals surface area contributed by atoms with Gasteiger partial charge < -0.3 is 25.2 Å². The van der Waals surface area contributed by atoms with Crippen molar-refractivity contribution < 1.29 is 23.8 Å². The van der Waals surface area contributed by atoms with Crippen molar-refractivity contribution in [3.05, 3.63) is 29.6 Å². The van der Waals surface area contributed by atoms with E-state index in [1.165, 1.54) is 12.1 Å². The van der Waals surface area contributed by atoms with Gasteiger partial charge in [0.2, 0.25) is 0 Å². The fourth-order valence-corrected chi connectivity index (χ4v) is 1.45. The first-order chi connectivity index (χ1) is 9.69. The molecule has 0 amide bonds. The molecule has 0 aromatic heterocycles. The fourth-order valence-electron chi connectivity index (χ4n) is 1.45. The first-order valence-corrected chi connectivity index (χ1v) is 6.16. The number of ether oxygens (including phenoxy) is 3. The minimum Gasteiger partial charge on any atom is -0.488 e. The number of nitrogens with zero attached hydrogens (tertiary/aromatic N) is 1. The molecule has 0 saturated carbocycles. The van der Waals surface area contributed by atoms with E-state index in [0.717, 1.165) is 12.5 Å². The second-order valence-corrected chi connectivity index (χ2v) is 3.94. The van der Waals surface area contributed by atoms with Crippen LogP contribution in [0.5, 0.6) is 5.75 Å². The van der Waals surface area contributed by atoms with Crippen molar-refractivity contribution in [2.24, 2.45) is 10.9 Å². The van der Waals surface area contributed by atoms with Crippen LogP contribution in [0.1, 0.15) is 12.0 Å². The summed E-state index contributed by atoms with van der Waals surface area (Å²) in [5, 5.41) is 11.3. The summed E-state index contributed by atoms with van der Waals surface area (Å²) in [7, 11) is 1.63. The highest BCUT2D eigenvalue weighted by Crippen LogP contribution is 2.18. The predicted octanol–water partition coefficient (Wildman–Crippen LogP) is 1.35. The molecule has 0 fully saturated rings. The molecule has 3 N–H and O–H groups in total. The van der Waals surface area contributed by atoms with Crippen molar-refractivity contribution >= 4 is 5.84 Å². The van der Waals surface area contributed by atoms with Gasteiger partial charge in [0.15, 0.2) is 17.4 Å². The number of hydrogen-bond acceptors (Lipinski definition) is 5. The summed E-state index contributed by atoms with van der Waals surface area (Å²) in [6.45, 7) is 1.82. The van der Waals surface area contributed by atoms with Gasteiger partial charge in [0.05, 0.1) is 6.61 Å². The van der Waals surface area contributed by atoms with Crippen LogP contribution in [0.2, 0.25) is 0 Å². The number of hydrogen-bond donors (Lipinski definition) is 2. The molecule has 1 aromatic carbocycles. The summed E-state index contributed by atoms with van der Waals surface area (Å²) in [6, 6.07) is 4.07. The van der Waals surface area contributed by atoms with E-state index < -0.39 is 5.82 Å². The van der Waals surface area contributed by atoms with Crippen molar-refractivity contribution in [1.82, 2.24) is 0 Å². The first kappa shape index (κ1) is 16.2. The Balaban J connectivity index is 2.34. The Bertz CT molecular complexity index is 440. The Hall–Kier alpha value is -1.86. The van der Waals surface area contributed by atoms with E-state index in [4.69, 9.17) is 25.2 Å².